The first-order valence-corrected chi connectivity index (χ1v) is 7.70. The van der Waals surface area contributed by atoms with Crippen LogP contribution in [0.4, 0.5) is 11.4 Å². The summed E-state index contributed by atoms with van der Waals surface area (Å²) >= 11 is 0. The van der Waals surface area contributed by atoms with E-state index < -0.39 is 0 Å². The smallest absolute Gasteiger partial charge is 0.253 e. The van der Waals surface area contributed by atoms with E-state index in [4.69, 9.17) is 5.73 Å². The van der Waals surface area contributed by atoms with Crippen molar-refractivity contribution in [1.82, 2.24) is 4.90 Å². The molecule has 2 aromatic carbocycles. The van der Waals surface area contributed by atoms with E-state index in [1.165, 1.54) is 5.56 Å². The summed E-state index contributed by atoms with van der Waals surface area (Å²) in [5, 5.41) is 3.32. The SMILES string of the molecule is Nc1cc(C(=O)N2CCCC2)ccc1NCc1ccccc1. The number of carbonyl (C=O) groups excluding carboxylic acids is 1. The van der Waals surface area contributed by atoms with Gasteiger partial charge in [0.1, 0.15) is 0 Å². The Balaban J connectivity index is 1.68. The van der Waals surface area contributed by atoms with Crippen LogP contribution in [0.25, 0.3) is 0 Å². The number of anilines is 2. The predicted molar refractivity (Wildman–Crippen MR) is 89.8 cm³/mol. The van der Waals surface area contributed by atoms with E-state index in [0.717, 1.165) is 31.6 Å². The Bertz CT molecular complexity index is 649. The molecule has 0 saturated carbocycles. The molecule has 3 N–H and O–H groups in total. The average Bonchev–Trinajstić information content (AvgIpc) is 3.08. The molecule has 1 fully saturated rings. The van der Waals surface area contributed by atoms with Crippen LogP contribution in [-0.2, 0) is 6.54 Å². The lowest BCUT2D eigenvalue weighted by molar-refractivity contribution is 0.0793. The van der Waals surface area contributed by atoms with Gasteiger partial charge in [-0.15, -0.1) is 0 Å². The molecule has 3 rings (SSSR count). The van der Waals surface area contributed by atoms with Gasteiger partial charge >= 0.3 is 0 Å². The van der Waals surface area contributed by atoms with Crippen molar-refractivity contribution in [1.29, 1.82) is 0 Å². The molecule has 0 atom stereocenters. The molecule has 2 aromatic rings. The predicted octanol–water partition coefficient (Wildman–Crippen LogP) is 3.12. The van der Waals surface area contributed by atoms with Crippen LogP contribution in [0.15, 0.2) is 48.5 Å². The number of benzene rings is 2. The highest BCUT2D eigenvalue weighted by Crippen LogP contribution is 2.22. The van der Waals surface area contributed by atoms with Crippen LogP contribution in [0.2, 0.25) is 0 Å². The van der Waals surface area contributed by atoms with E-state index >= 15 is 0 Å². The first-order chi connectivity index (χ1) is 10.7. The molecule has 0 radical (unpaired) electrons. The van der Waals surface area contributed by atoms with Gasteiger partial charge in [-0.25, -0.2) is 0 Å². The second kappa shape index (κ2) is 6.52. The van der Waals surface area contributed by atoms with Gasteiger partial charge in [0.15, 0.2) is 0 Å². The van der Waals surface area contributed by atoms with Crippen LogP contribution in [0.1, 0.15) is 28.8 Å². The second-order valence-corrected chi connectivity index (χ2v) is 5.64. The quantitative estimate of drug-likeness (QED) is 0.852. The van der Waals surface area contributed by atoms with Crippen molar-refractivity contribution >= 4 is 17.3 Å². The zero-order valence-corrected chi connectivity index (χ0v) is 12.6. The third-order valence-electron chi connectivity index (χ3n) is 4.02. The fraction of sp³-hybridized carbons (Fsp3) is 0.278. The summed E-state index contributed by atoms with van der Waals surface area (Å²) in [7, 11) is 0. The number of carbonyl (C=O) groups is 1. The largest absolute Gasteiger partial charge is 0.397 e. The lowest BCUT2D eigenvalue weighted by Crippen LogP contribution is -2.27. The van der Waals surface area contributed by atoms with Gasteiger partial charge in [-0.05, 0) is 36.6 Å². The number of hydrogen-bond donors (Lipinski definition) is 2. The summed E-state index contributed by atoms with van der Waals surface area (Å²) in [5.74, 6) is 0.0822. The molecule has 4 nitrogen and oxygen atoms in total. The topological polar surface area (TPSA) is 58.4 Å². The molecule has 114 valence electrons. The van der Waals surface area contributed by atoms with Crippen molar-refractivity contribution in [2.75, 3.05) is 24.1 Å². The first kappa shape index (κ1) is 14.4. The molecule has 1 amide bonds. The fourth-order valence-corrected chi connectivity index (χ4v) is 2.75. The van der Waals surface area contributed by atoms with Crippen molar-refractivity contribution in [3.05, 3.63) is 59.7 Å². The first-order valence-electron chi connectivity index (χ1n) is 7.70. The molecule has 22 heavy (non-hydrogen) atoms. The Kier molecular flexibility index (Phi) is 4.28. The van der Waals surface area contributed by atoms with Gasteiger partial charge in [-0.1, -0.05) is 30.3 Å². The molecule has 0 bridgehead atoms. The van der Waals surface area contributed by atoms with Crippen LogP contribution < -0.4 is 11.1 Å². The van der Waals surface area contributed by atoms with Gasteiger partial charge in [0.05, 0.1) is 11.4 Å². The average molecular weight is 295 g/mol. The summed E-state index contributed by atoms with van der Waals surface area (Å²) in [5.41, 5.74) is 9.43. The minimum atomic E-state index is 0.0822. The molecular weight excluding hydrogens is 274 g/mol. The van der Waals surface area contributed by atoms with Crippen LogP contribution in [0, 0.1) is 0 Å². The number of nitrogens with zero attached hydrogens (tertiary/aromatic N) is 1. The number of nitrogens with two attached hydrogens (primary N) is 1. The molecule has 4 heteroatoms. The van der Waals surface area contributed by atoms with E-state index in [2.05, 4.69) is 17.4 Å². The third kappa shape index (κ3) is 3.22. The van der Waals surface area contributed by atoms with Crippen molar-refractivity contribution < 1.29 is 4.79 Å². The summed E-state index contributed by atoms with van der Waals surface area (Å²) in [6.45, 7) is 2.42. The zero-order chi connectivity index (χ0) is 15.4. The number of rotatable bonds is 4. The minimum absolute atomic E-state index is 0.0822. The summed E-state index contributed by atoms with van der Waals surface area (Å²) < 4.78 is 0. The van der Waals surface area contributed by atoms with Crippen LogP contribution in [0.3, 0.4) is 0 Å². The third-order valence-corrected chi connectivity index (χ3v) is 4.02. The van der Waals surface area contributed by atoms with Crippen LogP contribution >= 0.6 is 0 Å². The molecule has 0 spiro atoms. The molecule has 1 saturated heterocycles. The standard InChI is InChI=1S/C18H21N3O/c19-16-12-15(18(22)21-10-4-5-11-21)8-9-17(16)20-13-14-6-2-1-3-7-14/h1-3,6-9,12,20H,4-5,10-11,13,19H2. The van der Waals surface area contributed by atoms with E-state index in [1.54, 1.807) is 6.07 Å². The maximum Gasteiger partial charge on any atom is 0.253 e. The summed E-state index contributed by atoms with van der Waals surface area (Å²) in [4.78, 5) is 14.2. The molecular formula is C18H21N3O. The highest BCUT2D eigenvalue weighted by molar-refractivity contribution is 5.96. The van der Waals surface area contributed by atoms with Gasteiger partial charge in [0, 0.05) is 25.2 Å². The van der Waals surface area contributed by atoms with E-state index in [-0.39, 0.29) is 5.91 Å². The van der Waals surface area contributed by atoms with Gasteiger partial charge in [-0.3, -0.25) is 4.79 Å². The Labute approximate surface area is 130 Å². The molecule has 1 heterocycles. The maximum atomic E-state index is 12.3. The zero-order valence-electron chi connectivity index (χ0n) is 12.6. The number of nitrogens with one attached hydrogen (secondary N) is 1. The van der Waals surface area contributed by atoms with Crippen molar-refractivity contribution in [3.63, 3.8) is 0 Å². The molecule has 1 aliphatic heterocycles. The monoisotopic (exact) mass is 295 g/mol. The van der Waals surface area contributed by atoms with E-state index in [1.807, 2.05) is 35.2 Å². The highest BCUT2D eigenvalue weighted by atomic mass is 16.2. The maximum absolute atomic E-state index is 12.3. The Morgan fingerprint density at radius 3 is 2.50 bits per heavy atom. The van der Waals surface area contributed by atoms with Gasteiger partial charge in [0.25, 0.3) is 5.91 Å². The Hall–Kier alpha value is -2.49. The van der Waals surface area contributed by atoms with Crippen molar-refractivity contribution in [2.24, 2.45) is 0 Å². The van der Waals surface area contributed by atoms with Crippen molar-refractivity contribution in [3.8, 4) is 0 Å². The second-order valence-electron chi connectivity index (χ2n) is 5.64. The summed E-state index contributed by atoms with van der Waals surface area (Å²) in [6, 6.07) is 15.7. The van der Waals surface area contributed by atoms with Gasteiger partial charge in [0.2, 0.25) is 0 Å². The molecule has 0 aromatic heterocycles. The summed E-state index contributed by atoms with van der Waals surface area (Å²) in [6.07, 6.45) is 2.19. The minimum Gasteiger partial charge on any atom is -0.397 e. The highest BCUT2D eigenvalue weighted by Gasteiger charge is 2.19. The van der Waals surface area contributed by atoms with Gasteiger partial charge in [-0.2, -0.15) is 0 Å². The molecule has 1 aliphatic rings. The fourth-order valence-electron chi connectivity index (χ4n) is 2.75. The molecule has 0 aliphatic carbocycles. The van der Waals surface area contributed by atoms with Gasteiger partial charge < -0.3 is 16.0 Å². The Morgan fingerprint density at radius 2 is 1.82 bits per heavy atom. The lowest BCUT2D eigenvalue weighted by atomic mass is 10.1. The molecule has 0 unspecified atom stereocenters. The van der Waals surface area contributed by atoms with E-state index in [9.17, 15) is 4.79 Å². The normalized spacial score (nSPS) is 14.1. The number of likely N-dealkylation sites (tertiary alicyclic amines) is 1. The number of hydrogen-bond acceptors (Lipinski definition) is 3. The van der Waals surface area contributed by atoms with Crippen LogP contribution in [-0.4, -0.2) is 23.9 Å². The lowest BCUT2D eigenvalue weighted by Gasteiger charge is -2.16. The van der Waals surface area contributed by atoms with Crippen LogP contribution in [0.5, 0.6) is 0 Å². The van der Waals surface area contributed by atoms with Crippen molar-refractivity contribution in [2.45, 2.75) is 19.4 Å². The number of amides is 1. The Morgan fingerprint density at radius 1 is 1.09 bits per heavy atom. The van der Waals surface area contributed by atoms with E-state index in [0.29, 0.717) is 17.8 Å². The number of nitrogen functional groups attached to an aromatic ring is 1.